The van der Waals surface area contributed by atoms with Gasteiger partial charge in [0.1, 0.15) is 12.7 Å². The Bertz CT molecular complexity index is 603. The van der Waals surface area contributed by atoms with Crippen molar-refractivity contribution in [2.45, 2.75) is 25.9 Å². The molecular weight excluding hydrogens is 288 g/mol. The molecule has 1 aromatic carbocycles. The van der Waals surface area contributed by atoms with E-state index >= 15 is 0 Å². The molecule has 0 spiro atoms. The SMILES string of the molecule is CCCN(CCc1ccncc1)CC1COc2ccccc2O1. The van der Waals surface area contributed by atoms with Crippen molar-refractivity contribution in [3.63, 3.8) is 0 Å². The van der Waals surface area contributed by atoms with Gasteiger partial charge in [-0.15, -0.1) is 0 Å². The Kier molecular flexibility index (Phi) is 5.48. The molecule has 1 atom stereocenters. The van der Waals surface area contributed by atoms with Gasteiger partial charge < -0.3 is 9.47 Å². The van der Waals surface area contributed by atoms with E-state index in [2.05, 4.69) is 28.9 Å². The molecule has 0 radical (unpaired) electrons. The number of para-hydroxylation sites is 2. The molecule has 0 fully saturated rings. The van der Waals surface area contributed by atoms with Gasteiger partial charge >= 0.3 is 0 Å². The van der Waals surface area contributed by atoms with Crippen LogP contribution in [-0.4, -0.2) is 42.2 Å². The summed E-state index contributed by atoms with van der Waals surface area (Å²) in [4.78, 5) is 6.53. The van der Waals surface area contributed by atoms with E-state index < -0.39 is 0 Å². The Labute approximate surface area is 138 Å². The standard InChI is InChI=1S/C19H24N2O2/c1-2-12-21(13-9-16-7-10-20-11-8-16)14-17-15-22-18-5-3-4-6-19(18)23-17/h3-8,10-11,17H,2,9,12-15H2,1H3. The first-order valence-corrected chi connectivity index (χ1v) is 8.35. The number of rotatable bonds is 7. The van der Waals surface area contributed by atoms with Crippen LogP contribution in [0.3, 0.4) is 0 Å². The molecule has 2 heterocycles. The van der Waals surface area contributed by atoms with Gasteiger partial charge in [-0.25, -0.2) is 0 Å². The molecule has 122 valence electrons. The van der Waals surface area contributed by atoms with Crippen LogP contribution in [0.5, 0.6) is 11.5 Å². The van der Waals surface area contributed by atoms with Crippen molar-refractivity contribution in [3.05, 3.63) is 54.4 Å². The van der Waals surface area contributed by atoms with E-state index in [1.807, 2.05) is 36.7 Å². The summed E-state index contributed by atoms with van der Waals surface area (Å²) in [5.74, 6) is 1.71. The summed E-state index contributed by atoms with van der Waals surface area (Å²) in [6.45, 7) is 5.83. The number of fused-ring (bicyclic) bond motifs is 1. The molecule has 4 nitrogen and oxygen atoms in total. The van der Waals surface area contributed by atoms with Crippen LogP contribution in [0, 0.1) is 0 Å². The van der Waals surface area contributed by atoms with Crippen LogP contribution in [-0.2, 0) is 6.42 Å². The van der Waals surface area contributed by atoms with Crippen molar-refractivity contribution in [2.24, 2.45) is 0 Å². The van der Waals surface area contributed by atoms with E-state index in [0.717, 1.165) is 44.0 Å². The van der Waals surface area contributed by atoms with Crippen LogP contribution in [0.2, 0.25) is 0 Å². The highest BCUT2D eigenvalue weighted by Gasteiger charge is 2.22. The quantitative estimate of drug-likeness (QED) is 0.786. The summed E-state index contributed by atoms with van der Waals surface area (Å²) < 4.78 is 11.9. The summed E-state index contributed by atoms with van der Waals surface area (Å²) >= 11 is 0. The summed E-state index contributed by atoms with van der Waals surface area (Å²) in [7, 11) is 0. The summed E-state index contributed by atoms with van der Waals surface area (Å²) in [6.07, 6.45) is 5.98. The maximum absolute atomic E-state index is 6.08. The second kappa shape index (κ2) is 7.97. The Balaban J connectivity index is 1.55. The molecule has 1 unspecified atom stereocenters. The summed E-state index contributed by atoms with van der Waals surface area (Å²) in [6, 6.07) is 12.1. The van der Waals surface area contributed by atoms with Gasteiger partial charge in [-0.05, 0) is 49.2 Å². The van der Waals surface area contributed by atoms with Gasteiger partial charge in [-0.1, -0.05) is 19.1 Å². The van der Waals surface area contributed by atoms with Crippen LogP contribution >= 0.6 is 0 Å². The number of nitrogens with zero attached hydrogens (tertiary/aromatic N) is 2. The number of aromatic nitrogens is 1. The minimum atomic E-state index is 0.0916. The molecule has 0 bridgehead atoms. The predicted octanol–water partition coefficient (Wildman–Crippen LogP) is 3.18. The highest BCUT2D eigenvalue weighted by Crippen LogP contribution is 2.31. The highest BCUT2D eigenvalue weighted by molar-refractivity contribution is 5.40. The summed E-state index contributed by atoms with van der Waals surface area (Å²) in [5, 5.41) is 0. The van der Waals surface area contributed by atoms with Crippen molar-refractivity contribution in [3.8, 4) is 11.5 Å². The lowest BCUT2D eigenvalue weighted by molar-refractivity contribution is 0.0589. The molecule has 1 aromatic heterocycles. The monoisotopic (exact) mass is 312 g/mol. The topological polar surface area (TPSA) is 34.6 Å². The average molecular weight is 312 g/mol. The van der Waals surface area contributed by atoms with Crippen LogP contribution < -0.4 is 9.47 Å². The number of pyridine rings is 1. The van der Waals surface area contributed by atoms with Crippen molar-refractivity contribution < 1.29 is 9.47 Å². The molecule has 2 aromatic rings. The smallest absolute Gasteiger partial charge is 0.161 e. The van der Waals surface area contributed by atoms with Gasteiger partial charge in [0.25, 0.3) is 0 Å². The zero-order chi connectivity index (χ0) is 15.9. The second-order valence-corrected chi connectivity index (χ2v) is 5.90. The Hall–Kier alpha value is -2.07. The van der Waals surface area contributed by atoms with E-state index in [4.69, 9.17) is 9.47 Å². The molecule has 1 aliphatic heterocycles. The number of hydrogen-bond donors (Lipinski definition) is 0. The normalized spacial score (nSPS) is 16.5. The molecule has 0 saturated carbocycles. The fraction of sp³-hybridized carbons (Fsp3) is 0.421. The minimum absolute atomic E-state index is 0.0916. The van der Waals surface area contributed by atoms with Gasteiger partial charge in [0, 0.05) is 25.5 Å². The van der Waals surface area contributed by atoms with Crippen LogP contribution in [0.4, 0.5) is 0 Å². The Morgan fingerprint density at radius 1 is 1.09 bits per heavy atom. The van der Waals surface area contributed by atoms with E-state index in [9.17, 15) is 0 Å². The highest BCUT2D eigenvalue weighted by atomic mass is 16.6. The average Bonchev–Trinajstić information content (AvgIpc) is 2.61. The fourth-order valence-electron chi connectivity index (χ4n) is 2.89. The second-order valence-electron chi connectivity index (χ2n) is 5.90. The van der Waals surface area contributed by atoms with Crippen molar-refractivity contribution in [2.75, 3.05) is 26.2 Å². The van der Waals surface area contributed by atoms with Crippen molar-refractivity contribution in [1.82, 2.24) is 9.88 Å². The molecule has 4 heteroatoms. The molecule has 0 N–H and O–H groups in total. The molecule has 23 heavy (non-hydrogen) atoms. The lowest BCUT2D eigenvalue weighted by Gasteiger charge is -2.31. The first kappa shape index (κ1) is 15.8. The van der Waals surface area contributed by atoms with Gasteiger partial charge in [0.05, 0.1) is 0 Å². The van der Waals surface area contributed by atoms with E-state index in [1.54, 1.807) is 0 Å². The number of ether oxygens (including phenoxy) is 2. The van der Waals surface area contributed by atoms with Crippen LogP contribution in [0.25, 0.3) is 0 Å². The molecule has 3 rings (SSSR count). The van der Waals surface area contributed by atoms with Crippen LogP contribution in [0.1, 0.15) is 18.9 Å². The maximum Gasteiger partial charge on any atom is 0.161 e. The van der Waals surface area contributed by atoms with Crippen LogP contribution in [0.15, 0.2) is 48.8 Å². The van der Waals surface area contributed by atoms with Gasteiger partial charge in [-0.3, -0.25) is 9.88 Å². The largest absolute Gasteiger partial charge is 0.486 e. The number of hydrogen-bond acceptors (Lipinski definition) is 4. The van der Waals surface area contributed by atoms with Gasteiger partial charge in [-0.2, -0.15) is 0 Å². The molecule has 0 aliphatic carbocycles. The number of benzene rings is 1. The van der Waals surface area contributed by atoms with Crippen molar-refractivity contribution >= 4 is 0 Å². The van der Waals surface area contributed by atoms with E-state index in [0.29, 0.717) is 6.61 Å². The fourth-order valence-corrected chi connectivity index (χ4v) is 2.89. The van der Waals surface area contributed by atoms with Gasteiger partial charge in [0.2, 0.25) is 0 Å². The molecule has 0 saturated heterocycles. The lowest BCUT2D eigenvalue weighted by Crippen LogP contribution is -2.42. The Morgan fingerprint density at radius 2 is 1.87 bits per heavy atom. The lowest BCUT2D eigenvalue weighted by atomic mass is 10.2. The third-order valence-corrected chi connectivity index (χ3v) is 4.04. The first-order valence-electron chi connectivity index (χ1n) is 8.35. The maximum atomic E-state index is 6.08. The summed E-state index contributed by atoms with van der Waals surface area (Å²) in [5.41, 5.74) is 1.33. The minimum Gasteiger partial charge on any atom is -0.486 e. The third kappa shape index (κ3) is 4.45. The van der Waals surface area contributed by atoms with E-state index in [1.165, 1.54) is 5.56 Å². The predicted molar refractivity (Wildman–Crippen MR) is 91.0 cm³/mol. The zero-order valence-electron chi connectivity index (χ0n) is 13.6. The van der Waals surface area contributed by atoms with Crippen molar-refractivity contribution in [1.29, 1.82) is 0 Å². The van der Waals surface area contributed by atoms with Gasteiger partial charge in [0.15, 0.2) is 11.5 Å². The molecular formula is C19H24N2O2. The Morgan fingerprint density at radius 3 is 2.65 bits per heavy atom. The third-order valence-electron chi connectivity index (χ3n) is 4.04. The first-order chi connectivity index (χ1) is 11.3. The van der Waals surface area contributed by atoms with E-state index in [-0.39, 0.29) is 6.10 Å². The molecule has 0 amide bonds. The zero-order valence-corrected chi connectivity index (χ0v) is 13.6. The molecule has 1 aliphatic rings.